The smallest absolute Gasteiger partial charge is 0.0568 e. The van der Waals surface area contributed by atoms with Crippen molar-refractivity contribution in [2.24, 2.45) is 29.1 Å². The van der Waals surface area contributed by atoms with E-state index in [1.807, 2.05) is 0 Å². The summed E-state index contributed by atoms with van der Waals surface area (Å²) in [6.45, 7) is 15.9. The largest absolute Gasteiger partial charge is 0.380 e. The van der Waals surface area contributed by atoms with Gasteiger partial charge in [0.05, 0.1) is 5.54 Å². The van der Waals surface area contributed by atoms with Crippen LogP contribution in [0.3, 0.4) is 0 Å². The van der Waals surface area contributed by atoms with Crippen molar-refractivity contribution in [3.05, 3.63) is 59.3 Å². The predicted molar refractivity (Wildman–Crippen MR) is 156 cm³/mol. The molecule has 0 aromatic heterocycles. The van der Waals surface area contributed by atoms with E-state index in [4.69, 9.17) is 0 Å². The fourth-order valence-electron chi connectivity index (χ4n) is 7.74. The molecule has 2 heteroatoms. The summed E-state index contributed by atoms with van der Waals surface area (Å²) in [7, 11) is 0. The van der Waals surface area contributed by atoms with Gasteiger partial charge in [-0.05, 0) is 85.8 Å². The van der Waals surface area contributed by atoms with Gasteiger partial charge in [-0.25, -0.2) is 0 Å². The Balaban J connectivity index is 1.83. The maximum atomic E-state index is 4.50. The predicted octanol–water partition coefficient (Wildman–Crippen LogP) is 8.45. The Morgan fingerprint density at radius 1 is 0.944 bits per heavy atom. The number of rotatable bonds is 10. The number of hydrogen-bond donors (Lipinski definition) is 2. The Bertz CT molecular complexity index is 881. The first-order valence-electron chi connectivity index (χ1n) is 15.2. The fourth-order valence-corrected chi connectivity index (χ4v) is 7.74. The number of allylic oxidation sites excluding steroid dienone is 4. The molecule has 0 amide bonds. The quantitative estimate of drug-likeness (QED) is 0.344. The molecule has 3 atom stereocenters. The van der Waals surface area contributed by atoms with Crippen molar-refractivity contribution in [3.63, 3.8) is 0 Å². The minimum atomic E-state index is 0.00164. The second-order valence-corrected chi connectivity index (χ2v) is 13.6. The van der Waals surface area contributed by atoms with Gasteiger partial charge < -0.3 is 10.6 Å². The van der Waals surface area contributed by atoms with Gasteiger partial charge in [-0.15, -0.1) is 0 Å². The summed E-state index contributed by atoms with van der Waals surface area (Å²) in [6.07, 6.45) is 17.9. The van der Waals surface area contributed by atoms with Crippen molar-refractivity contribution in [1.29, 1.82) is 0 Å². The lowest BCUT2D eigenvalue weighted by Gasteiger charge is -2.51. The molecule has 3 unspecified atom stereocenters. The maximum absolute atomic E-state index is 4.50. The lowest BCUT2D eigenvalue weighted by molar-refractivity contribution is 0.0907. The lowest BCUT2D eigenvalue weighted by atomic mass is 9.64. The molecule has 1 aliphatic heterocycles. The van der Waals surface area contributed by atoms with Crippen LogP contribution in [0.1, 0.15) is 105 Å². The second kappa shape index (κ2) is 11.9. The van der Waals surface area contributed by atoms with Crippen molar-refractivity contribution in [3.8, 4) is 0 Å². The van der Waals surface area contributed by atoms with Crippen LogP contribution < -0.4 is 10.6 Å². The van der Waals surface area contributed by atoms with Crippen LogP contribution in [0, 0.1) is 29.1 Å². The summed E-state index contributed by atoms with van der Waals surface area (Å²) < 4.78 is 0. The molecule has 1 aromatic rings. The monoisotopic (exact) mass is 490 g/mol. The van der Waals surface area contributed by atoms with Gasteiger partial charge in [0.2, 0.25) is 0 Å². The van der Waals surface area contributed by atoms with Gasteiger partial charge in [0.15, 0.2) is 0 Å². The molecule has 2 nitrogen and oxygen atoms in total. The Morgan fingerprint density at radius 3 is 2.25 bits per heavy atom. The van der Waals surface area contributed by atoms with E-state index in [2.05, 4.69) is 94.7 Å². The number of hydrogen-bond acceptors (Lipinski definition) is 2. The van der Waals surface area contributed by atoms with Crippen LogP contribution in [0.2, 0.25) is 0 Å². The van der Waals surface area contributed by atoms with E-state index in [1.54, 1.807) is 5.70 Å². The zero-order valence-corrected chi connectivity index (χ0v) is 24.2. The minimum Gasteiger partial charge on any atom is -0.380 e. The summed E-state index contributed by atoms with van der Waals surface area (Å²) >= 11 is 0. The van der Waals surface area contributed by atoms with E-state index in [0.29, 0.717) is 29.2 Å². The molecule has 4 rings (SSSR count). The second-order valence-electron chi connectivity index (χ2n) is 13.6. The first-order valence-corrected chi connectivity index (χ1v) is 15.2. The molecule has 1 heterocycles. The van der Waals surface area contributed by atoms with E-state index < -0.39 is 0 Å². The van der Waals surface area contributed by atoms with Gasteiger partial charge in [-0.3, -0.25) is 0 Å². The van der Waals surface area contributed by atoms with Crippen molar-refractivity contribution in [2.75, 3.05) is 6.54 Å². The van der Waals surface area contributed by atoms with Crippen molar-refractivity contribution in [1.82, 2.24) is 10.6 Å². The van der Waals surface area contributed by atoms with Crippen LogP contribution in [0.25, 0.3) is 0 Å². The van der Waals surface area contributed by atoms with Crippen LogP contribution in [0.15, 0.2) is 53.8 Å². The Hall–Kier alpha value is -1.54. The summed E-state index contributed by atoms with van der Waals surface area (Å²) in [5.41, 5.74) is 4.87. The van der Waals surface area contributed by atoms with Gasteiger partial charge in [0, 0.05) is 17.7 Å². The molecule has 0 spiro atoms. The van der Waals surface area contributed by atoms with Crippen LogP contribution >= 0.6 is 0 Å². The molecule has 0 radical (unpaired) electrons. The standard InChI is InChI=1S/C34H54N2/c1-25(2)29-19-14-20-30(26(3)4)32(29)36-34(31-21-12-13-22-35-31,23-27-15-8-7-9-16-27)24-33(5,6)28-17-10-11-18-28/h7-9,14-16,19,25-26,28,30-31,35-36H,10-13,17-18,20-24H2,1-6H3. The molecule has 1 saturated heterocycles. The van der Waals surface area contributed by atoms with E-state index in [-0.39, 0.29) is 5.54 Å². The highest BCUT2D eigenvalue weighted by Gasteiger charge is 2.47. The molecule has 36 heavy (non-hydrogen) atoms. The summed E-state index contributed by atoms with van der Waals surface area (Å²) in [5, 5.41) is 8.56. The third kappa shape index (κ3) is 6.29. The van der Waals surface area contributed by atoms with Crippen LogP contribution in [-0.4, -0.2) is 18.1 Å². The van der Waals surface area contributed by atoms with Gasteiger partial charge in [-0.1, -0.05) is 103 Å². The Morgan fingerprint density at radius 2 is 1.64 bits per heavy atom. The third-order valence-electron chi connectivity index (χ3n) is 9.75. The minimum absolute atomic E-state index is 0.00164. The van der Waals surface area contributed by atoms with Gasteiger partial charge in [0.1, 0.15) is 0 Å². The van der Waals surface area contributed by atoms with Crippen LogP contribution in [0.4, 0.5) is 0 Å². The average Bonchev–Trinajstić information content (AvgIpc) is 3.41. The van der Waals surface area contributed by atoms with Crippen LogP contribution in [0.5, 0.6) is 0 Å². The zero-order chi connectivity index (χ0) is 25.8. The lowest BCUT2D eigenvalue weighted by Crippen LogP contribution is -2.64. The highest BCUT2D eigenvalue weighted by Crippen LogP contribution is 2.47. The van der Waals surface area contributed by atoms with Gasteiger partial charge >= 0.3 is 0 Å². The average molecular weight is 491 g/mol. The molecule has 1 saturated carbocycles. The van der Waals surface area contributed by atoms with E-state index in [9.17, 15) is 0 Å². The molecule has 200 valence electrons. The highest BCUT2D eigenvalue weighted by molar-refractivity contribution is 5.35. The molecule has 0 bridgehead atoms. The van der Waals surface area contributed by atoms with Crippen molar-refractivity contribution in [2.45, 2.75) is 117 Å². The maximum Gasteiger partial charge on any atom is 0.0568 e. The first kappa shape index (κ1) is 27.5. The number of piperidine rings is 1. The van der Waals surface area contributed by atoms with Gasteiger partial charge in [0.25, 0.3) is 0 Å². The summed E-state index contributed by atoms with van der Waals surface area (Å²) in [5.74, 6) is 2.56. The topological polar surface area (TPSA) is 24.1 Å². The first-order chi connectivity index (χ1) is 17.2. The molecule has 1 aromatic carbocycles. The van der Waals surface area contributed by atoms with E-state index >= 15 is 0 Å². The van der Waals surface area contributed by atoms with Crippen molar-refractivity contribution < 1.29 is 0 Å². The molecular formula is C34H54N2. The summed E-state index contributed by atoms with van der Waals surface area (Å²) in [4.78, 5) is 0. The van der Waals surface area contributed by atoms with E-state index in [0.717, 1.165) is 25.3 Å². The highest BCUT2D eigenvalue weighted by atomic mass is 15.1. The number of nitrogens with one attached hydrogen (secondary N) is 2. The van der Waals surface area contributed by atoms with E-state index in [1.165, 1.54) is 62.5 Å². The molecular weight excluding hydrogens is 436 g/mol. The normalized spacial score (nSPS) is 25.6. The molecule has 3 aliphatic rings. The van der Waals surface area contributed by atoms with Gasteiger partial charge in [-0.2, -0.15) is 0 Å². The molecule has 2 fully saturated rings. The summed E-state index contributed by atoms with van der Waals surface area (Å²) in [6, 6.07) is 11.8. The van der Waals surface area contributed by atoms with Crippen LogP contribution in [-0.2, 0) is 6.42 Å². The Labute approximate surface area is 222 Å². The molecule has 2 N–H and O–H groups in total. The third-order valence-corrected chi connectivity index (χ3v) is 9.75. The van der Waals surface area contributed by atoms with Crippen molar-refractivity contribution >= 4 is 0 Å². The zero-order valence-electron chi connectivity index (χ0n) is 24.2. The Kier molecular flexibility index (Phi) is 9.08. The SMILES string of the molecule is CC(C)C1=C(NC(Cc2ccccc2)(CC(C)(C)C2CCCC2)C2CCCCN2)C(C(C)C)CC=C1. The fraction of sp³-hybridized carbons (Fsp3) is 0.706. The number of benzene rings is 1. The molecule has 2 aliphatic carbocycles.